The third kappa shape index (κ3) is 4.13. The van der Waals surface area contributed by atoms with Crippen molar-refractivity contribution in [2.75, 3.05) is 39.9 Å². The third-order valence-corrected chi connectivity index (χ3v) is 5.90. The fraction of sp³-hybridized carbons (Fsp3) is 0.562. The van der Waals surface area contributed by atoms with Crippen LogP contribution in [-0.2, 0) is 14.8 Å². The molecule has 24 heavy (non-hydrogen) atoms. The van der Waals surface area contributed by atoms with Crippen LogP contribution in [-0.4, -0.2) is 63.2 Å². The lowest BCUT2D eigenvalue weighted by molar-refractivity contribution is 0.115. The van der Waals surface area contributed by atoms with Gasteiger partial charge in [0.25, 0.3) is 0 Å². The van der Waals surface area contributed by atoms with E-state index >= 15 is 0 Å². The number of methoxy groups -OCH3 is 1. The second-order valence-electron chi connectivity index (χ2n) is 6.24. The fourth-order valence-corrected chi connectivity index (χ4v) is 4.28. The standard InChI is InChI=1S/C16H24N4O3S/c1-23-8-7-20-6-2-3-13(11-20)10-19-24(21,22)14-4-5-15-16(9-14)18-12-17-15/h4-5,9,12-13,19H,2-3,6-8,10-11H2,1H3,(H,17,18). The molecule has 7 nitrogen and oxygen atoms in total. The number of sulfonamides is 1. The van der Waals surface area contributed by atoms with Gasteiger partial charge in [-0.05, 0) is 43.5 Å². The summed E-state index contributed by atoms with van der Waals surface area (Å²) in [5.41, 5.74) is 1.48. The number of H-pyrrole nitrogens is 1. The number of hydrogen-bond acceptors (Lipinski definition) is 5. The molecule has 0 saturated carbocycles. The Labute approximate surface area is 142 Å². The maximum atomic E-state index is 12.5. The predicted molar refractivity (Wildman–Crippen MR) is 92.3 cm³/mol. The first-order valence-corrected chi connectivity index (χ1v) is 9.71. The van der Waals surface area contributed by atoms with E-state index in [4.69, 9.17) is 4.74 Å². The molecule has 3 rings (SSSR count). The highest BCUT2D eigenvalue weighted by Gasteiger charge is 2.22. The highest BCUT2D eigenvalue weighted by Crippen LogP contribution is 2.18. The number of nitrogens with zero attached hydrogens (tertiary/aromatic N) is 2. The topological polar surface area (TPSA) is 87.3 Å². The minimum atomic E-state index is -3.50. The lowest BCUT2D eigenvalue weighted by Crippen LogP contribution is -2.42. The van der Waals surface area contributed by atoms with Crippen molar-refractivity contribution in [1.29, 1.82) is 0 Å². The summed E-state index contributed by atoms with van der Waals surface area (Å²) in [6, 6.07) is 4.93. The first-order valence-electron chi connectivity index (χ1n) is 8.22. The molecule has 8 heteroatoms. The molecule has 1 unspecified atom stereocenters. The van der Waals surface area contributed by atoms with E-state index in [2.05, 4.69) is 19.6 Å². The van der Waals surface area contributed by atoms with Gasteiger partial charge < -0.3 is 14.6 Å². The Hall–Kier alpha value is -1.48. The number of likely N-dealkylation sites (tertiary alicyclic amines) is 1. The predicted octanol–water partition coefficient (Wildman–Crippen LogP) is 1.20. The van der Waals surface area contributed by atoms with Crippen LogP contribution in [0.15, 0.2) is 29.4 Å². The molecule has 0 bridgehead atoms. The van der Waals surface area contributed by atoms with Gasteiger partial charge in [-0.15, -0.1) is 0 Å². The van der Waals surface area contributed by atoms with Gasteiger partial charge in [0, 0.05) is 26.7 Å². The zero-order valence-electron chi connectivity index (χ0n) is 13.9. The summed E-state index contributed by atoms with van der Waals surface area (Å²) in [5.74, 6) is 0.335. The van der Waals surface area contributed by atoms with E-state index in [0.717, 1.165) is 43.5 Å². The molecule has 0 radical (unpaired) electrons. The normalized spacial score (nSPS) is 19.8. The quantitative estimate of drug-likeness (QED) is 0.782. The molecule has 132 valence electrons. The lowest BCUT2D eigenvalue weighted by Gasteiger charge is -2.32. The van der Waals surface area contributed by atoms with Crippen LogP contribution in [0.4, 0.5) is 0 Å². The Morgan fingerprint density at radius 3 is 3.17 bits per heavy atom. The molecule has 0 aliphatic carbocycles. The monoisotopic (exact) mass is 352 g/mol. The Balaban J connectivity index is 1.60. The van der Waals surface area contributed by atoms with Crippen molar-refractivity contribution < 1.29 is 13.2 Å². The van der Waals surface area contributed by atoms with E-state index in [0.29, 0.717) is 19.1 Å². The van der Waals surface area contributed by atoms with Crippen molar-refractivity contribution >= 4 is 21.1 Å². The van der Waals surface area contributed by atoms with Gasteiger partial charge in [0.2, 0.25) is 10.0 Å². The first kappa shape index (κ1) is 17.3. The molecule has 1 atom stereocenters. The number of aromatic nitrogens is 2. The molecular weight excluding hydrogens is 328 g/mol. The first-order chi connectivity index (χ1) is 11.6. The molecule has 1 fully saturated rings. The fourth-order valence-electron chi connectivity index (χ4n) is 3.13. The van der Waals surface area contributed by atoms with Gasteiger partial charge in [0.1, 0.15) is 0 Å². The maximum Gasteiger partial charge on any atom is 0.240 e. The minimum Gasteiger partial charge on any atom is -0.383 e. The van der Waals surface area contributed by atoms with Crippen molar-refractivity contribution in [3.05, 3.63) is 24.5 Å². The summed E-state index contributed by atoms with van der Waals surface area (Å²) in [5, 5.41) is 0. The van der Waals surface area contributed by atoms with E-state index in [9.17, 15) is 8.42 Å². The maximum absolute atomic E-state index is 12.5. The molecule has 1 saturated heterocycles. The third-order valence-electron chi connectivity index (χ3n) is 4.48. The number of piperidine rings is 1. The number of aromatic amines is 1. The summed E-state index contributed by atoms with van der Waals surface area (Å²) < 4.78 is 32.9. The van der Waals surface area contributed by atoms with E-state index < -0.39 is 10.0 Å². The largest absolute Gasteiger partial charge is 0.383 e. The molecule has 0 spiro atoms. The molecule has 1 aliphatic heterocycles. The summed E-state index contributed by atoms with van der Waals surface area (Å²) in [4.78, 5) is 9.65. The molecule has 2 aromatic rings. The molecular formula is C16H24N4O3S. The van der Waals surface area contributed by atoms with Gasteiger partial charge in [-0.2, -0.15) is 0 Å². The number of hydrogen-bond donors (Lipinski definition) is 2. The highest BCUT2D eigenvalue weighted by atomic mass is 32.2. The second kappa shape index (κ2) is 7.60. The van der Waals surface area contributed by atoms with Crippen LogP contribution < -0.4 is 4.72 Å². The number of benzene rings is 1. The Kier molecular flexibility index (Phi) is 5.50. The van der Waals surface area contributed by atoms with Crippen LogP contribution in [0.5, 0.6) is 0 Å². The van der Waals surface area contributed by atoms with E-state index in [1.165, 1.54) is 0 Å². The van der Waals surface area contributed by atoms with Gasteiger partial charge >= 0.3 is 0 Å². The van der Waals surface area contributed by atoms with Crippen molar-refractivity contribution in [3.63, 3.8) is 0 Å². The molecule has 0 amide bonds. The zero-order valence-corrected chi connectivity index (χ0v) is 14.7. The smallest absolute Gasteiger partial charge is 0.240 e. The van der Waals surface area contributed by atoms with Gasteiger partial charge in [-0.3, -0.25) is 0 Å². The Bertz CT molecular complexity index is 774. The zero-order chi connectivity index (χ0) is 17.0. The highest BCUT2D eigenvalue weighted by molar-refractivity contribution is 7.89. The number of rotatable bonds is 7. The number of imidazole rings is 1. The number of nitrogens with one attached hydrogen (secondary N) is 2. The lowest BCUT2D eigenvalue weighted by atomic mass is 9.98. The van der Waals surface area contributed by atoms with Gasteiger partial charge in [-0.1, -0.05) is 0 Å². The SMILES string of the molecule is COCCN1CCCC(CNS(=O)(=O)c2ccc3nc[nH]c3c2)C1. The number of ether oxygens (including phenoxy) is 1. The van der Waals surface area contributed by atoms with Gasteiger partial charge in [-0.25, -0.2) is 18.1 Å². The van der Waals surface area contributed by atoms with Crippen LogP contribution in [0, 0.1) is 5.92 Å². The van der Waals surface area contributed by atoms with Crippen molar-refractivity contribution in [2.24, 2.45) is 5.92 Å². The van der Waals surface area contributed by atoms with E-state index in [-0.39, 0.29) is 4.90 Å². The Morgan fingerprint density at radius 1 is 1.46 bits per heavy atom. The summed E-state index contributed by atoms with van der Waals surface area (Å²) in [7, 11) is -1.80. The van der Waals surface area contributed by atoms with Crippen LogP contribution in [0.1, 0.15) is 12.8 Å². The van der Waals surface area contributed by atoms with Crippen molar-refractivity contribution in [2.45, 2.75) is 17.7 Å². The Morgan fingerprint density at radius 2 is 2.33 bits per heavy atom. The average molecular weight is 352 g/mol. The van der Waals surface area contributed by atoms with Crippen molar-refractivity contribution in [1.82, 2.24) is 19.6 Å². The average Bonchev–Trinajstić information content (AvgIpc) is 3.06. The van der Waals surface area contributed by atoms with Gasteiger partial charge in [0.05, 0.1) is 28.9 Å². The van der Waals surface area contributed by atoms with Crippen molar-refractivity contribution in [3.8, 4) is 0 Å². The summed E-state index contributed by atoms with van der Waals surface area (Å²) in [6.45, 7) is 4.04. The molecule has 1 aromatic carbocycles. The molecule has 2 N–H and O–H groups in total. The summed E-state index contributed by atoms with van der Waals surface area (Å²) in [6.07, 6.45) is 3.70. The second-order valence-corrected chi connectivity index (χ2v) is 8.00. The van der Waals surface area contributed by atoms with Crippen LogP contribution >= 0.6 is 0 Å². The van der Waals surface area contributed by atoms with E-state index in [1.54, 1.807) is 31.6 Å². The molecule has 2 heterocycles. The van der Waals surface area contributed by atoms with Crippen LogP contribution in [0.25, 0.3) is 11.0 Å². The minimum absolute atomic E-state index is 0.270. The van der Waals surface area contributed by atoms with Crippen LogP contribution in [0.3, 0.4) is 0 Å². The van der Waals surface area contributed by atoms with Crippen LogP contribution in [0.2, 0.25) is 0 Å². The molecule has 1 aliphatic rings. The summed E-state index contributed by atoms with van der Waals surface area (Å²) >= 11 is 0. The molecule has 1 aromatic heterocycles. The number of fused-ring (bicyclic) bond motifs is 1. The van der Waals surface area contributed by atoms with E-state index in [1.807, 2.05) is 0 Å². The van der Waals surface area contributed by atoms with Gasteiger partial charge in [0.15, 0.2) is 0 Å².